The number of hydrogen-bond donors (Lipinski definition) is 1. The first-order valence-corrected chi connectivity index (χ1v) is 7.97. The maximum Gasteiger partial charge on any atom is 0.0579 e. The lowest BCUT2D eigenvalue weighted by Crippen LogP contribution is -2.25. The third-order valence-electron chi connectivity index (χ3n) is 3.78. The summed E-state index contributed by atoms with van der Waals surface area (Å²) in [4.78, 5) is 4.69. The number of benzene rings is 1. The summed E-state index contributed by atoms with van der Waals surface area (Å²) in [5.74, 6) is 0. The van der Waals surface area contributed by atoms with E-state index in [1.54, 1.807) is 0 Å². The van der Waals surface area contributed by atoms with Gasteiger partial charge in [-0.15, -0.1) is 0 Å². The molecule has 0 bridgehead atoms. The summed E-state index contributed by atoms with van der Waals surface area (Å²) in [6.07, 6.45) is 3.22. The molecular formula is C19H26N2. The quantitative estimate of drug-likeness (QED) is 0.821. The minimum Gasteiger partial charge on any atom is -0.308 e. The number of nitrogens with one attached hydrogen (secondary N) is 1. The van der Waals surface area contributed by atoms with Gasteiger partial charge in [0.25, 0.3) is 0 Å². The Morgan fingerprint density at radius 3 is 2.33 bits per heavy atom. The van der Waals surface area contributed by atoms with Crippen LogP contribution in [0.1, 0.15) is 48.8 Å². The maximum absolute atomic E-state index is 4.69. The highest BCUT2D eigenvalue weighted by Gasteiger charge is 2.13. The van der Waals surface area contributed by atoms with Crippen molar-refractivity contribution in [1.29, 1.82) is 0 Å². The van der Waals surface area contributed by atoms with Crippen molar-refractivity contribution >= 4 is 0 Å². The highest BCUT2D eigenvalue weighted by Crippen LogP contribution is 2.18. The summed E-state index contributed by atoms with van der Waals surface area (Å²) in [5, 5.41) is 3.63. The molecule has 21 heavy (non-hydrogen) atoms. The molecule has 1 aromatic carbocycles. The first-order valence-electron chi connectivity index (χ1n) is 7.97. The third-order valence-corrected chi connectivity index (χ3v) is 3.78. The molecule has 1 N–H and O–H groups in total. The molecule has 2 aromatic rings. The number of nitrogens with zero attached hydrogens (tertiary/aromatic N) is 1. The van der Waals surface area contributed by atoms with Crippen LogP contribution in [0.2, 0.25) is 0 Å². The Hall–Kier alpha value is -1.67. The summed E-state index contributed by atoms with van der Waals surface area (Å²) in [7, 11) is 0. The van der Waals surface area contributed by atoms with Crippen LogP contribution in [0.5, 0.6) is 0 Å². The molecule has 1 atom stereocenters. The lowest BCUT2D eigenvalue weighted by molar-refractivity contribution is 0.517. The van der Waals surface area contributed by atoms with Gasteiger partial charge in [0.05, 0.1) is 11.7 Å². The lowest BCUT2D eigenvalue weighted by atomic mass is 10.0. The predicted octanol–water partition coefficient (Wildman–Crippen LogP) is 4.24. The fourth-order valence-electron chi connectivity index (χ4n) is 2.50. The van der Waals surface area contributed by atoms with Gasteiger partial charge in [-0.1, -0.05) is 44.2 Å². The van der Waals surface area contributed by atoms with Gasteiger partial charge >= 0.3 is 0 Å². The van der Waals surface area contributed by atoms with Crippen LogP contribution in [0, 0.1) is 6.92 Å². The molecular weight excluding hydrogens is 256 g/mol. The Morgan fingerprint density at radius 2 is 1.71 bits per heavy atom. The normalized spacial score (nSPS) is 12.3. The zero-order valence-electron chi connectivity index (χ0n) is 13.4. The van der Waals surface area contributed by atoms with Gasteiger partial charge in [-0.3, -0.25) is 4.98 Å². The smallest absolute Gasteiger partial charge is 0.0579 e. The average Bonchev–Trinajstić information content (AvgIpc) is 2.52. The van der Waals surface area contributed by atoms with Gasteiger partial charge in [-0.2, -0.15) is 0 Å². The van der Waals surface area contributed by atoms with Gasteiger partial charge in [0.1, 0.15) is 0 Å². The number of pyridine rings is 1. The zero-order valence-corrected chi connectivity index (χ0v) is 13.4. The fourth-order valence-corrected chi connectivity index (χ4v) is 2.50. The van der Waals surface area contributed by atoms with E-state index in [2.05, 4.69) is 68.6 Å². The monoisotopic (exact) mass is 282 g/mol. The molecule has 0 saturated heterocycles. The van der Waals surface area contributed by atoms with Crippen molar-refractivity contribution in [1.82, 2.24) is 10.3 Å². The molecule has 1 unspecified atom stereocenters. The summed E-state index contributed by atoms with van der Waals surface area (Å²) >= 11 is 0. The van der Waals surface area contributed by atoms with Crippen LogP contribution in [0.3, 0.4) is 0 Å². The SMILES string of the molecule is CCCNC(Cc1ccc(CC)cc1)c1cccc(C)n1. The van der Waals surface area contributed by atoms with Gasteiger partial charge in [-0.25, -0.2) is 0 Å². The standard InChI is InChI=1S/C19H26N2/c1-4-13-20-19(18-8-6-7-15(3)21-18)14-17-11-9-16(5-2)10-12-17/h6-12,19-20H,4-5,13-14H2,1-3H3. The molecule has 0 saturated carbocycles. The maximum atomic E-state index is 4.69. The second kappa shape index (κ2) is 7.94. The highest BCUT2D eigenvalue weighted by molar-refractivity contribution is 5.25. The first kappa shape index (κ1) is 15.7. The van der Waals surface area contributed by atoms with Gasteiger partial charge < -0.3 is 5.32 Å². The van der Waals surface area contributed by atoms with Gasteiger partial charge in [-0.05, 0) is 56.0 Å². The van der Waals surface area contributed by atoms with Crippen LogP contribution in [0.4, 0.5) is 0 Å². The van der Waals surface area contributed by atoms with Crippen LogP contribution < -0.4 is 5.32 Å². The predicted molar refractivity (Wildman–Crippen MR) is 89.5 cm³/mol. The molecule has 0 fully saturated rings. The minimum absolute atomic E-state index is 0.289. The Morgan fingerprint density at radius 1 is 1.00 bits per heavy atom. The molecule has 0 aliphatic rings. The molecule has 2 heteroatoms. The topological polar surface area (TPSA) is 24.9 Å². The zero-order chi connectivity index (χ0) is 15.1. The second-order valence-electron chi connectivity index (χ2n) is 5.58. The van der Waals surface area contributed by atoms with Crippen LogP contribution in [0.25, 0.3) is 0 Å². The minimum atomic E-state index is 0.289. The van der Waals surface area contributed by atoms with E-state index in [-0.39, 0.29) is 6.04 Å². The molecule has 0 aliphatic carbocycles. The first-order chi connectivity index (χ1) is 10.2. The number of hydrogen-bond acceptors (Lipinski definition) is 2. The molecule has 0 radical (unpaired) electrons. The van der Waals surface area contributed by atoms with Gasteiger partial charge in [0.2, 0.25) is 0 Å². The van der Waals surface area contributed by atoms with Crippen molar-refractivity contribution in [3.63, 3.8) is 0 Å². The van der Waals surface area contributed by atoms with E-state index in [0.29, 0.717) is 0 Å². The molecule has 0 amide bonds. The van der Waals surface area contributed by atoms with Crippen LogP contribution in [-0.2, 0) is 12.8 Å². The molecule has 0 aliphatic heterocycles. The Kier molecular flexibility index (Phi) is 5.94. The van der Waals surface area contributed by atoms with Crippen molar-refractivity contribution in [2.24, 2.45) is 0 Å². The van der Waals surface area contributed by atoms with Crippen molar-refractivity contribution in [2.45, 2.75) is 46.1 Å². The van der Waals surface area contributed by atoms with Crippen molar-refractivity contribution in [3.8, 4) is 0 Å². The van der Waals surface area contributed by atoms with Crippen molar-refractivity contribution in [3.05, 3.63) is 65.0 Å². The summed E-state index contributed by atoms with van der Waals surface area (Å²) in [6.45, 7) is 7.46. The Balaban J connectivity index is 2.15. The fraction of sp³-hybridized carbons (Fsp3) is 0.421. The number of aromatic nitrogens is 1. The summed E-state index contributed by atoms with van der Waals surface area (Å²) in [5.41, 5.74) is 4.98. The molecule has 2 rings (SSSR count). The van der Waals surface area contributed by atoms with Gasteiger partial charge in [0.15, 0.2) is 0 Å². The van der Waals surface area contributed by atoms with E-state index in [1.165, 1.54) is 11.1 Å². The van der Waals surface area contributed by atoms with Crippen LogP contribution >= 0.6 is 0 Å². The second-order valence-corrected chi connectivity index (χ2v) is 5.58. The van der Waals surface area contributed by atoms with E-state index in [1.807, 2.05) is 0 Å². The van der Waals surface area contributed by atoms with E-state index in [4.69, 9.17) is 4.98 Å². The van der Waals surface area contributed by atoms with Crippen molar-refractivity contribution in [2.75, 3.05) is 6.54 Å². The summed E-state index contributed by atoms with van der Waals surface area (Å²) < 4.78 is 0. The van der Waals surface area contributed by atoms with E-state index < -0.39 is 0 Å². The van der Waals surface area contributed by atoms with Gasteiger partial charge in [0, 0.05) is 5.69 Å². The van der Waals surface area contributed by atoms with E-state index in [0.717, 1.165) is 37.2 Å². The largest absolute Gasteiger partial charge is 0.308 e. The van der Waals surface area contributed by atoms with E-state index in [9.17, 15) is 0 Å². The Labute approximate surface area is 128 Å². The molecule has 112 valence electrons. The molecule has 1 heterocycles. The number of aryl methyl sites for hydroxylation is 2. The van der Waals surface area contributed by atoms with Crippen LogP contribution in [0.15, 0.2) is 42.5 Å². The van der Waals surface area contributed by atoms with Crippen molar-refractivity contribution < 1.29 is 0 Å². The molecule has 2 nitrogen and oxygen atoms in total. The summed E-state index contributed by atoms with van der Waals surface area (Å²) in [6, 6.07) is 15.5. The third kappa shape index (κ3) is 4.68. The molecule has 0 spiro atoms. The number of rotatable bonds is 7. The Bertz CT molecular complexity index is 546. The van der Waals surface area contributed by atoms with E-state index >= 15 is 0 Å². The highest BCUT2D eigenvalue weighted by atomic mass is 14.9. The average molecular weight is 282 g/mol. The lowest BCUT2D eigenvalue weighted by Gasteiger charge is -2.19. The van der Waals surface area contributed by atoms with Crippen LogP contribution in [-0.4, -0.2) is 11.5 Å². The molecule has 1 aromatic heterocycles.